The van der Waals surface area contributed by atoms with Gasteiger partial charge in [-0.3, -0.25) is 4.90 Å². The van der Waals surface area contributed by atoms with Crippen LogP contribution < -0.4 is 0 Å². The third kappa shape index (κ3) is 2.83. The molecule has 2 heterocycles. The summed E-state index contributed by atoms with van der Waals surface area (Å²) in [6.07, 6.45) is 2.00. The smallest absolute Gasteiger partial charge is 0.219 e. The molecule has 92 valence electrons. The first-order chi connectivity index (χ1) is 8.20. The summed E-state index contributed by atoms with van der Waals surface area (Å²) in [5.41, 5.74) is 0. The van der Waals surface area contributed by atoms with Crippen LogP contribution >= 0.6 is 0 Å². The van der Waals surface area contributed by atoms with Gasteiger partial charge >= 0.3 is 0 Å². The van der Waals surface area contributed by atoms with Gasteiger partial charge < -0.3 is 4.42 Å². The van der Waals surface area contributed by atoms with E-state index in [4.69, 9.17) is 9.68 Å². The molecule has 1 saturated heterocycles. The summed E-state index contributed by atoms with van der Waals surface area (Å²) in [6.45, 7) is 6.50. The van der Waals surface area contributed by atoms with E-state index in [9.17, 15) is 0 Å². The van der Waals surface area contributed by atoms with E-state index in [0.717, 1.165) is 37.7 Å². The quantitative estimate of drug-likeness (QED) is 0.747. The second-order valence-electron chi connectivity index (χ2n) is 4.84. The van der Waals surface area contributed by atoms with Crippen LogP contribution in [0.5, 0.6) is 0 Å². The number of aromatic nitrogens is 2. The van der Waals surface area contributed by atoms with Crippen molar-refractivity contribution in [3.8, 4) is 6.07 Å². The first kappa shape index (κ1) is 12.1. The first-order valence-electron chi connectivity index (χ1n) is 6.13. The Labute approximate surface area is 101 Å². The Hall–Kier alpha value is -1.41. The van der Waals surface area contributed by atoms with E-state index in [1.165, 1.54) is 0 Å². The predicted octanol–water partition coefficient (Wildman–Crippen LogP) is 1.90. The fraction of sp³-hybridized carbons (Fsp3) is 0.750. The van der Waals surface area contributed by atoms with Gasteiger partial charge in [-0.2, -0.15) is 5.26 Å². The molecule has 0 aromatic carbocycles. The Balaban J connectivity index is 1.94. The summed E-state index contributed by atoms with van der Waals surface area (Å²) in [5.74, 6) is 2.14. The molecule has 0 spiro atoms. The number of hydrogen-bond donors (Lipinski definition) is 0. The van der Waals surface area contributed by atoms with Crippen molar-refractivity contribution in [1.29, 1.82) is 5.26 Å². The van der Waals surface area contributed by atoms with Gasteiger partial charge in [0.15, 0.2) is 0 Å². The maximum absolute atomic E-state index is 8.63. The zero-order chi connectivity index (χ0) is 12.3. The first-order valence-corrected chi connectivity index (χ1v) is 6.13. The van der Waals surface area contributed by atoms with Gasteiger partial charge in [0.1, 0.15) is 0 Å². The number of nitriles is 1. The van der Waals surface area contributed by atoms with E-state index in [1.807, 2.05) is 13.8 Å². The van der Waals surface area contributed by atoms with Crippen molar-refractivity contribution in [2.45, 2.75) is 38.5 Å². The van der Waals surface area contributed by atoms with Gasteiger partial charge in [-0.15, -0.1) is 10.2 Å². The number of rotatable bonds is 3. The highest BCUT2D eigenvalue weighted by molar-refractivity contribution is 4.97. The van der Waals surface area contributed by atoms with Crippen LogP contribution in [-0.2, 0) is 0 Å². The van der Waals surface area contributed by atoms with Crippen LogP contribution in [0.1, 0.15) is 50.3 Å². The lowest BCUT2D eigenvalue weighted by Crippen LogP contribution is -2.33. The second-order valence-corrected chi connectivity index (χ2v) is 4.84. The van der Waals surface area contributed by atoms with Gasteiger partial charge in [-0.25, -0.2) is 0 Å². The van der Waals surface area contributed by atoms with Crippen molar-refractivity contribution < 1.29 is 4.42 Å². The Morgan fingerprint density at radius 3 is 2.65 bits per heavy atom. The third-order valence-electron chi connectivity index (χ3n) is 3.18. The monoisotopic (exact) mass is 234 g/mol. The van der Waals surface area contributed by atoms with Crippen molar-refractivity contribution in [2.75, 3.05) is 19.6 Å². The highest BCUT2D eigenvalue weighted by Crippen LogP contribution is 2.27. The molecule has 0 bridgehead atoms. The highest BCUT2D eigenvalue weighted by Gasteiger charge is 2.25. The van der Waals surface area contributed by atoms with Crippen LogP contribution in [0.25, 0.3) is 0 Å². The number of likely N-dealkylation sites (tertiary alicyclic amines) is 1. The van der Waals surface area contributed by atoms with Crippen LogP contribution in [0.2, 0.25) is 0 Å². The summed E-state index contributed by atoms with van der Waals surface area (Å²) in [6, 6.07) is 2.19. The molecule has 0 aliphatic carbocycles. The molecule has 2 rings (SSSR count). The average Bonchev–Trinajstić information content (AvgIpc) is 2.80. The van der Waals surface area contributed by atoms with Crippen molar-refractivity contribution in [2.24, 2.45) is 0 Å². The van der Waals surface area contributed by atoms with Crippen molar-refractivity contribution in [1.82, 2.24) is 15.1 Å². The molecule has 0 atom stereocenters. The molecule has 17 heavy (non-hydrogen) atoms. The van der Waals surface area contributed by atoms with Crippen LogP contribution in [0.4, 0.5) is 0 Å². The van der Waals surface area contributed by atoms with Crippen molar-refractivity contribution >= 4 is 0 Å². The fourth-order valence-corrected chi connectivity index (χ4v) is 2.08. The number of piperidine rings is 1. The SMILES string of the molecule is CC(C)c1nnc(C2CCN(CC#N)CC2)o1. The lowest BCUT2D eigenvalue weighted by molar-refractivity contribution is 0.218. The number of hydrogen-bond acceptors (Lipinski definition) is 5. The lowest BCUT2D eigenvalue weighted by Gasteiger charge is -2.28. The minimum Gasteiger partial charge on any atom is -0.425 e. The molecule has 1 aromatic rings. The molecular formula is C12H18N4O. The summed E-state index contributed by atoms with van der Waals surface area (Å²) in [4.78, 5) is 2.16. The molecule has 0 N–H and O–H groups in total. The van der Waals surface area contributed by atoms with E-state index >= 15 is 0 Å². The van der Waals surface area contributed by atoms with Gasteiger partial charge in [0.2, 0.25) is 11.8 Å². The van der Waals surface area contributed by atoms with E-state index in [2.05, 4.69) is 21.2 Å². The summed E-state index contributed by atoms with van der Waals surface area (Å²) >= 11 is 0. The van der Waals surface area contributed by atoms with Gasteiger partial charge in [0, 0.05) is 11.8 Å². The van der Waals surface area contributed by atoms with E-state index in [-0.39, 0.29) is 5.92 Å². The van der Waals surface area contributed by atoms with Gasteiger partial charge in [-0.1, -0.05) is 13.8 Å². The normalized spacial score (nSPS) is 18.5. The Morgan fingerprint density at radius 1 is 1.41 bits per heavy atom. The standard InChI is InChI=1S/C12H18N4O/c1-9(2)11-14-15-12(17-11)10-3-6-16(7-4-10)8-5-13/h9-10H,3-4,6-8H2,1-2H3. The maximum atomic E-state index is 8.63. The highest BCUT2D eigenvalue weighted by atomic mass is 16.4. The summed E-state index contributed by atoms with van der Waals surface area (Å²) < 4.78 is 5.67. The molecule has 1 fully saturated rings. The van der Waals surface area contributed by atoms with E-state index < -0.39 is 0 Å². The molecule has 0 unspecified atom stereocenters. The van der Waals surface area contributed by atoms with Gasteiger partial charge in [-0.05, 0) is 25.9 Å². The molecule has 1 aliphatic rings. The molecule has 0 radical (unpaired) electrons. The zero-order valence-electron chi connectivity index (χ0n) is 10.4. The van der Waals surface area contributed by atoms with Crippen molar-refractivity contribution in [3.05, 3.63) is 11.8 Å². The third-order valence-corrected chi connectivity index (χ3v) is 3.18. The van der Waals surface area contributed by atoms with Crippen LogP contribution in [0.15, 0.2) is 4.42 Å². The molecule has 0 saturated carbocycles. The second kappa shape index (κ2) is 5.28. The van der Waals surface area contributed by atoms with Crippen LogP contribution in [0.3, 0.4) is 0 Å². The summed E-state index contributed by atoms with van der Waals surface area (Å²) in [7, 11) is 0. The fourth-order valence-electron chi connectivity index (χ4n) is 2.08. The average molecular weight is 234 g/mol. The van der Waals surface area contributed by atoms with E-state index in [1.54, 1.807) is 0 Å². The molecule has 5 heteroatoms. The Bertz CT molecular complexity index is 399. The largest absolute Gasteiger partial charge is 0.425 e. The minimum atomic E-state index is 0.287. The van der Waals surface area contributed by atoms with Gasteiger partial charge in [0.05, 0.1) is 12.6 Å². The van der Waals surface area contributed by atoms with Crippen LogP contribution in [-0.4, -0.2) is 34.7 Å². The molecule has 0 amide bonds. The minimum absolute atomic E-state index is 0.287. The Kier molecular flexibility index (Phi) is 3.75. The molecular weight excluding hydrogens is 216 g/mol. The number of nitrogens with zero attached hydrogens (tertiary/aromatic N) is 4. The maximum Gasteiger partial charge on any atom is 0.219 e. The summed E-state index contributed by atoms with van der Waals surface area (Å²) in [5, 5.41) is 16.8. The predicted molar refractivity (Wildman–Crippen MR) is 62.4 cm³/mol. The molecule has 5 nitrogen and oxygen atoms in total. The van der Waals surface area contributed by atoms with Crippen LogP contribution in [0, 0.1) is 11.3 Å². The zero-order valence-corrected chi connectivity index (χ0v) is 10.4. The molecule has 1 aliphatic heterocycles. The lowest BCUT2D eigenvalue weighted by atomic mass is 9.97. The topological polar surface area (TPSA) is 66.0 Å². The van der Waals surface area contributed by atoms with Gasteiger partial charge in [0.25, 0.3) is 0 Å². The van der Waals surface area contributed by atoms with Crippen molar-refractivity contribution in [3.63, 3.8) is 0 Å². The molecule has 1 aromatic heterocycles. The van der Waals surface area contributed by atoms with E-state index in [0.29, 0.717) is 12.5 Å². The Morgan fingerprint density at radius 2 is 2.12 bits per heavy atom.